The van der Waals surface area contributed by atoms with E-state index in [0.717, 1.165) is 42.5 Å². The molecule has 0 spiro atoms. The maximum absolute atomic E-state index is 13.1. The Bertz CT molecular complexity index is 2640. The van der Waals surface area contributed by atoms with Crippen molar-refractivity contribution in [3.63, 3.8) is 0 Å². The van der Waals surface area contributed by atoms with Gasteiger partial charge in [0, 0.05) is 50.6 Å². The Balaban J connectivity index is 0.000000194. The quantitative estimate of drug-likeness (QED) is 0.120. The van der Waals surface area contributed by atoms with Crippen LogP contribution in [0.15, 0.2) is 95.5 Å². The first kappa shape index (κ1) is 46.9. The van der Waals surface area contributed by atoms with Crippen LogP contribution in [0.4, 0.5) is 35.1 Å². The monoisotopic (exact) mass is 946 g/mol. The van der Waals surface area contributed by atoms with E-state index in [-0.39, 0.29) is 64.4 Å². The molecule has 2 saturated carbocycles. The third-order valence-corrected chi connectivity index (χ3v) is 13.8. The van der Waals surface area contributed by atoms with Gasteiger partial charge < -0.3 is 10.6 Å². The van der Waals surface area contributed by atoms with Crippen molar-refractivity contribution in [3.8, 4) is 11.4 Å². The number of nitrogens with zero attached hydrogens (tertiary/aromatic N) is 8. The lowest BCUT2D eigenvalue weighted by Crippen LogP contribution is -2.52. The minimum atomic E-state index is -4.64. The zero-order valence-corrected chi connectivity index (χ0v) is 35.9. The maximum Gasteiger partial charge on any atom is 0.451 e. The van der Waals surface area contributed by atoms with Gasteiger partial charge >= 0.3 is 12.4 Å². The van der Waals surface area contributed by atoms with Crippen LogP contribution in [0.25, 0.3) is 11.4 Å². The molecule has 2 aliphatic rings. The summed E-state index contributed by atoms with van der Waals surface area (Å²) in [6.07, 6.45) is 1.26. The van der Waals surface area contributed by atoms with Gasteiger partial charge in [0.1, 0.15) is 23.0 Å². The topological polar surface area (TPSA) is 162 Å². The largest absolute Gasteiger partial charge is 0.451 e. The molecular formula is C42H38F8N10O3S2. The van der Waals surface area contributed by atoms with E-state index >= 15 is 0 Å². The fourth-order valence-electron chi connectivity index (χ4n) is 6.73. The zero-order chi connectivity index (χ0) is 46.6. The summed E-state index contributed by atoms with van der Waals surface area (Å²) < 4.78 is 117. The van der Waals surface area contributed by atoms with Crippen molar-refractivity contribution in [2.45, 2.75) is 97.1 Å². The molecule has 3 unspecified atom stereocenters. The van der Waals surface area contributed by atoms with Gasteiger partial charge in [-0.3, -0.25) is 13.8 Å². The Morgan fingerprint density at radius 3 is 1.49 bits per heavy atom. The molecule has 0 radical (unpaired) electrons. The van der Waals surface area contributed by atoms with E-state index in [9.17, 15) is 48.9 Å². The summed E-state index contributed by atoms with van der Waals surface area (Å²) in [6.45, 7) is 3.40. The van der Waals surface area contributed by atoms with E-state index in [4.69, 9.17) is 0 Å². The van der Waals surface area contributed by atoms with Crippen LogP contribution in [-0.2, 0) is 45.6 Å². The molecule has 2 fully saturated rings. The molecule has 0 aliphatic heterocycles. The van der Waals surface area contributed by atoms with Gasteiger partial charge in [-0.2, -0.15) is 36.5 Å². The molecule has 6 aromatic rings. The van der Waals surface area contributed by atoms with Gasteiger partial charge in [0.05, 0.1) is 65.1 Å². The van der Waals surface area contributed by atoms with Crippen molar-refractivity contribution in [1.82, 2.24) is 50.1 Å². The molecule has 0 bridgehead atoms. The predicted molar refractivity (Wildman–Crippen MR) is 220 cm³/mol. The summed E-state index contributed by atoms with van der Waals surface area (Å²) in [5.41, 5.74) is 2.86. The highest BCUT2D eigenvalue weighted by Gasteiger charge is 2.38. The van der Waals surface area contributed by atoms with Crippen LogP contribution in [0.3, 0.4) is 0 Å². The first-order valence-electron chi connectivity index (χ1n) is 19.9. The van der Waals surface area contributed by atoms with Gasteiger partial charge in [0.2, 0.25) is 23.5 Å². The van der Waals surface area contributed by atoms with Crippen LogP contribution >= 0.6 is 11.8 Å². The van der Waals surface area contributed by atoms with Gasteiger partial charge in [-0.15, -0.1) is 11.8 Å². The maximum atomic E-state index is 13.1. The van der Waals surface area contributed by atoms with Crippen molar-refractivity contribution in [1.29, 1.82) is 0 Å². The van der Waals surface area contributed by atoms with E-state index in [1.807, 2.05) is 0 Å². The number of nitrogens with one attached hydrogen (secondary N) is 2. The minimum Gasteiger partial charge on any atom is -0.352 e. The van der Waals surface area contributed by atoms with Crippen molar-refractivity contribution in [2.75, 3.05) is 0 Å². The lowest BCUT2D eigenvalue weighted by atomic mass is 9.92. The number of amides is 2. The van der Waals surface area contributed by atoms with Crippen molar-refractivity contribution < 1.29 is 48.9 Å². The van der Waals surface area contributed by atoms with E-state index in [1.54, 1.807) is 43.9 Å². The van der Waals surface area contributed by atoms with Gasteiger partial charge in [0.15, 0.2) is 0 Å². The molecule has 8 rings (SSSR count). The third kappa shape index (κ3) is 11.8. The molecule has 342 valence electrons. The second-order valence-corrected chi connectivity index (χ2v) is 18.1. The summed E-state index contributed by atoms with van der Waals surface area (Å²) in [6, 6.07) is 11.5. The molecule has 4 aromatic heterocycles. The second-order valence-electron chi connectivity index (χ2n) is 15.2. The van der Waals surface area contributed by atoms with Crippen LogP contribution in [0, 0.1) is 25.5 Å². The average Bonchev–Trinajstić information content (AvgIpc) is 3.81. The summed E-state index contributed by atoms with van der Waals surface area (Å²) in [5.74, 6) is -3.61. The smallest absolute Gasteiger partial charge is 0.352 e. The van der Waals surface area contributed by atoms with E-state index in [1.165, 1.54) is 52.0 Å². The van der Waals surface area contributed by atoms with Gasteiger partial charge in [-0.25, -0.2) is 38.1 Å². The van der Waals surface area contributed by atoms with Gasteiger partial charge in [0.25, 0.3) is 0 Å². The minimum absolute atomic E-state index is 0.000270. The Hall–Kier alpha value is -6.10. The number of aromatic nitrogens is 8. The molecule has 2 amide bonds. The average molecular weight is 947 g/mol. The number of alkyl halides is 6. The highest BCUT2D eigenvalue weighted by Crippen LogP contribution is 2.37. The molecule has 2 N–H and O–H groups in total. The number of thioether (sulfide) groups is 1. The molecule has 2 aromatic carbocycles. The number of halogens is 8. The molecule has 13 nitrogen and oxygen atoms in total. The van der Waals surface area contributed by atoms with E-state index < -0.39 is 40.6 Å². The SMILES string of the molecule is Cc1nn(-c2cnc(C(F)(F)F)nc2)cc1CC(=O)NC1CCC1Sc1ccc(F)cc1.Cc1nn(-c2cnc(C(F)(F)F)nc2)cc1CC(=O)N[C@@H]1CC[C@@H]1S(=O)c1ccc(F)cc1. The molecule has 0 saturated heterocycles. The Morgan fingerprint density at radius 2 is 1.09 bits per heavy atom. The second kappa shape index (κ2) is 19.6. The Kier molecular flexibility index (Phi) is 14.1. The standard InChI is InChI=1S/C21H19F4N5O2S.C21H19F4N5OS/c1-12-13(11-30(29-12)15-9-26-20(27-10-15)21(23,24)25)8-19(31)28-17-6-7-18(17)33(32)16-4-2-14(22)3-5-16;1-12-13(11-30(29-12)15-9-26-20(27-10-15)21(23,24)25)8-19(31)28-17-6-7-18(17)32-16-4-2-14(22)3-5-16/h2-5,9-11,17-18H,6-8H2,1H3,(H,28,31);2-5,9-11,17-18H,6-8H2,1H3,(H,28,31)/t17-,18+,33?;/m1./s1. The molecule has 4 heterocycles. The third-order valence-electron chi connectivity index (χ3n) is 10.6. The van der Waals surface area contributed by atoms with Crippen molar-refractivity contribution in [3.05, 3.63) is 132 Å². The van der Waals surface area contributed by atoms with E-state index in [0.29, 0.717) is 40.3 Å². The fraction of sp³-hybridized carbons (Fsp3) is 0.333. The van der Waals surface area contributed by atoms with Crippen LogP contribution in [0.5, 0.6) is 0 Å². The number of benzene rings is 2. The summed E-state index contributed by atoms with van der Waals surface area (Å²) in [7, 11) is -1.37. The molecule has 65 heavy (non-hydrogen) atoms. The van der Waals surface area contributed by atoms with Crippen molar-refractivity contribution >= 4 is 34.4 Å². The molecule has 2 aliphatic carbocycles. The van der Waals surface area contributed by atoms with Crippen LogP contribution < -0.4 is 10.6 Å². The number of rotatable bonds is 12. The summed E-state index contributed by atoms with van der Waals surface area (Å²) in [4.78, 5) is 39.9. The van der Waals surface area contributed by atoms with Gasteiger partial charge in [-0.05, 0) is 88.1 Å². The molecular weight excluding hydrogens is 909 g/mol. The zero-order valence-electron chi connectivity index (χ0n) is 34.3. The number of hydrogen-bond donors (Lipinski definition) is 2. The normalized spacial score (nSPS) is 18.7. The highest BCUT2D eigenvalue weighted by molar-refractivity contribution is 8.00. The van der Waals surface area contributed by atoms with Gasteiger partial charge in [-0.1, -0.05) is 0 Å². The molecule has 23 heteroatoms. The predicted octanol–water partition coefficient (Wildman–Crippen LogP) is 7.24. The Morgan fingerprint density at radius 1 is 0.662 bits per heavy atom. The van der Waals surface area contributed by atoms with Crippen LogP contribution in [-0.4, -0.2) is 78.1 Å². The van der Waals surface area contributed by atoms with Crippen LogP contribution in [0.1, 0.15) is 59.8 Å². The lowest BCUT2D eigenvalue weighted by Gasteiger charge is -2.36. The highest BCUT2D eigenvalue weighted by atomic mass is 32.2. The number of hydrogen-bond acceptors (Lipinski definition) is 10. The fourth-order valence-corrected chi connectivity index (χ4v) is 9.61. The molecule has 5 atom stereocenters. The van der Waals surface area contributed by atoms with E-state index in [2.05, 4.69) is 40.8 Å². The van der Waals surface area contributed by atoms with Crippen molar-refractivity contribution in [2.24, 2.45) is 0 Å². The lowest BCUT2D eigenvalue weighted by molar-refractivity contribution is -0.145. The number of aryl methyl sites for hydroxylation is 2. The number of carbonyl (C=O) groups excluding carboxylic acids is 2. The Labute approximate surface area is 372 Å². The number of carbonyl (C=O) groups is 2. The summed E-state index contributed by atoms with van der Waals surface area (Å²) >= 11 is 1.61. The first-order chi connectivity index (χ1) is 30.8. The summed E-state index contributed by atoms with van der Waals surface area (Å²) in [5, 5.41) is 14.4. The van der Waals surface area contributed by atoms with Crippen LogP contribution in [0.2, 0.25) is 0 Å². The first-order valence-corrected chi connectivity index (χ1v) is 22.0.